The molecule has 0 amide bonds. The summed E-state index contributed by atoms with van der Waals surface area (Å²) in [7, 11) is 0. The van der Waals surface area contributed by atoms with E-state index in [0.717, 1.165) is 18.5 Å². The third-order valence-corrected chi connectivity index (χ3v) is 2.60. The van der Waals surface area contributed by atoms with E-state index in [9.17, 15) is 0 Å². The Labute approximate surface area is 72.6 Å². The molecule has 0 spiro atoms. The van der Waals surface area contributed by atoms with Crippen LogP contribution in [-0.4, -0.2) is 15.6 Å². The molecule has 0 aromatic carbocycles. The fourth-order valence-corrected chi connectivity index (χ4v) is 1.90. The number of hydrogen-bond acceptors (Lipinski definition) is 2. The number of hydrogen-bond donors (Lipinski definition) is 1. The van der Waals surface area contributed by atoms with Gasteiger partial charge in [-0.15, -0.1) is 0 Å². The van der Waals surface area contributed by atoms with Gasteiger partial charge in [-0.1, -0.05) is 0 Å². The van der Waals surface area contributed by atoms with Crippen LogP contribution in [-0.2, 0) is 0 Å². The number of aromatic nitrogens is 2. The lowest BCUT2D eigenvalue weighted by molar-refractivity contribution is 0.509. The molecule has 2 N–H and O–H groups in total. The van der Waals surface area contributed by atoms with Crippen molar-refractivity contribution >= 4 is 0 Å². The van der Waals surface area contributed by atoms with Gasteiger partial charge in [0, 0.05) is 18.3 Å². The molecule has 1 saturated carbocycles. The summed E-state index contributed by atoms with van der Waals surface area (Å²) in [6, 6.07) is 0.999. The third-order valence-electron chi connectivity index (χ3n) is 2.60. The Hall–Kier alpha value is -0.830. The Morgan fingerprint density at radius 1 is 1.58 bits per heavy atom. The summed E-state index contributed by atoms with van der Waals surface area (Å²) in [6.45, 7) is 2.02. The van der Waals surface area contributed by atoms with Crippen molar-refractivity contribution < 1.29 is 0 Å². The van der Waals surface area contributed by atoms with Gasteiger partial charge in [-0.3, -0.25) is 0 Å². The second kappa shape index (κ2) is 2.90. The van der Waals surface area contributed by atoms with E-state index in [0.29, 0.717) is 12.1 Å². The van der Waals surface area contributed by atoms with E-state index < -0.39 is 0 Å². The van der Waals surface area contributed by atoms with E-state index in [1.807, 2.05) is 13.3 Å². The van der Waals surface area contributed by atoms with Crippen molar-refractivity contribution in [1.82, 2.24) is 9.55 Å². The zero-order valence-electron chi connectivity index (χ0n) is 7.40. The molecule has 12 heavy (non-hydrogen) atoms. The van der Waals surface area contributed by atoms with Crippen LogP contribution < -0.4 is 5.73 Å². The maximum atomic E-state index is 5.84. The predicted octanol–water partition coefficient (Wildman–Crippen LogP) is 1.24. The van der Waals surface area contributed by atoms with Gasteiger partial charge in [0.2, 0.25) is 0 Å². The standard InChI is InChI=1S/C9H15N3/c1-7-5-12(6-11-7)9-3-2-8(10)4-9/h5-6,8-9H,2-4,10H2,1H3. The van der Waals surface area contributed by atoms with Crippen molar-refractivity contribution in [3.05, 3.63) is 18.2 Å². The average molecular weight is 165 g/mol. The Morgan fingerprint density at radius 2 is 2.42 bits per heavy atom. The first kappa shape index (κ1) is 7.80. The predicted molar refractivity (Wildman–Crippen MR) is 47.8 cm³/mol. The second-order valence-electron chi connectivity index (χ2n) is 3.69. The topological polar surface area (TPSA) is 43.8 Å². The van der Waals surface area contributed by atoms with Crippen LogP contribution in [0.3, 0.4) is 0 Å². The first-order valence-electron chi connectivity index (χ1n) is 4.51. The molecule has 3 heteroatoms. The minimum Gasteiger partial charge on any atom is -0.334 e. The van der Waals surface area contributed by atoms with E-state index in [1.165, 1.54) is 6.42 Å². The van der Waals surface area contributed by atoms with Crippen molar-refractivity contribution in [2.45, 2.75) is 38.3 Å². The fraction of sp³-hybridized carbons (Fsp3) is 0.667. The van der Waals surface area contributed by atoms with E-state index in [1.54, 1.807) is 0 Å². The second-order valence-corrected chi connectivity index (χ2v) is 3.69. The number of aryl methyl sites for hydroxylation is 1. The SMILES string of the molecule is Cc1cn(C2CCC(N)C2)cn1. The molecule has 2 rings (SSSR count). The molecule has 1 aliphatic carbocycles. The van der Waals surface area contributed by atoms with Crippen LogP contribution >= 0.6 is 0 Å². The lowest BCUT2D eigenvalue weighted by Gasteiger charge is -2.09. The van der Waals surface area contributed by atoms with E-state index in [-0.39, 0.29) is 0 Å². The lowest BCUT2D eigenvalue weighted by Crippen LogP contribution is -2.15. The van der Waals surface area contributed by atoms with Gasteiger partial charge in [0.25, 0.3) is 0 Å². The van der Waals surface area contributed by atoms with Crippen LogP contribution in [0.15, 0.2) is 12.5 Å². The minimum absolute atomic E-state index is 0.401. The highest BCUT2D eigenvalue weighted by molar-refractivity contribution is 4.96. The first-order valence-corrected chi connectivity index (χ1v) is 4.51. The van der Waals surface area contributed by atoms with Gasteiger partial charge in [-0.25, -0.2) is 4.98 Å². The number of nitrogens with two attached hydrogens (primary N) is 1. The monoisotopic (exact) mass is 165 g/mol. The molecule has 0 aliphatic heterocycles. The van der Waals surface area contributed by atoms with Gasteiger partial charge in [0.05, 0.1) is 12.0 Å². The summed E-state index contributed by atoms with van der Waals surface area (Å²) in [5.74, 6) is 0. The minimum atomic E-state index is 0.401. The maximum Gasteiger partial charge on any atom is 0.0951 e. The van der Waals surface area contributed by atoms with Crippen LogP contribution in [0.4, 0.5) is 0 Å². The van der Waals surface area contributed by atoms with Gasteiger partial charge in [-0.2, -0.15) is 0 Å². The highest BCUT2D eigenvalue weighted by Gasteiger charge is 2.22. The molecule has 66 valence electrons. The van der Waals surface area contributed by atoms with Gasteiger partial charge in [0.15, 0.2) is 0 Å². The summed E-state index contributed by atoms with van der Waals surface area (Å²) in [5, 5.41) is 0. The van der Waals surface area contributed by atoms with Crippen molar-refractivity contribution in [1.29, 1.82) is 0 Å². The van der Waals surface area contributed by atoms with Crippen LogP contribution in [0.1, 0.15) is 31.0 Å². The van der Waals surface area contributed by atoms with Crippen molar-refractivity contribution in [2.75, 3.05) is 0 Å². The molecule has 1 aliphatic rings. The van der Waals surface area contributed by atoms with E-state index in [4.69, 9.17) is 5.73 Å². The molecule has 2 unspecified atom stereocenters. The zero-order valence-corrected chi connectivity index (χ0v) is 7.40. The fourth-order valence-electron chi connectivity index (χ4n) is 1.90. The van der Waals surface area contributed by atoms with Crippen molar-refractivity contribution in [3.63, 3.8) is 0 Å². The summed E-state index contributed by atoms with van der Waals surface area (Å²) in [5.41, 5.74) is 6.93. The Balaban J connectivity index is 2.11. The van der Waals surface area contributed by atoms with Gasteiger partial charge < -0.3 is 10.3 Å². The summed E-state index contributed by atoms with van der Waals surface area (Å²) < 4.78 is 2.20. The van der Waals surface area contributed by atoms with E-state index >= 15 is 0 Å². The molecule has 3 nitrogen and oxygen atoms in total. The van der Waals surface area contributed by atoms with Gasteiger partial charge >= 0.3 is 0 Å². The van der Waals surface area contributed by atoms with Crippen molar-refractivity contribution in [3.8, 4) is 0 Å². The Morgan fingerprint density at radius 3 is 2.92 bits per heavy atom. The number of rotatable bonds is 1. The number of nitrogens with zero attached hydrogens (tertiary/aromatic N) is 2. The maximum absolute atomic E-state index is 5.84. The molecule has 1 heterocycles. The molecule has 0 saturated heterocycles. The van der Waals surface area contributed by atoms with Gasteiger partial charge in [-0.05, 0) is 26.2 Å². The highest BCUT2D eigenvalue weighted by Crippen LogP contribution is 2.28. The smallest absolute Gasteiger partial charge is 0.0951 e. The molecular formula is C9H15N3. The highest BCUT2D eigenvalue weighted by atomic mass is 15.1. The Kier molecular flexibility index (Phi) is 1.89. The first-order chi connectivity index (χ1) is 5.75. The third kappa shape index (κ3) is 1.37. The van der Waals surface area contributed by atoms with E-state index in [2.05, 4.69) is 15.7 Å². The normalized spacial score (nSPS) is 29.5. The van der Waals surface area contributed by atoms with Crippen LogP contribution in [0.25, 0.3) is 0 Å². The molecular weight excluding hydrogens is 150 g/mol. The molecule has 1 aromatic heterocycles. The van der Waals surface area contributed by atoms with Gasteiger partial charge in [0.1, 0.15) is 0 Å². The quantitative estimate of drug-likeness (QED) is 0.680. The lowest BCUT2D eigenvalue weighted by atomic mass is 10.2. The van der Waals surface area contributed by atoms with Crippen LogP contribution in [0, 0.1) is 6.92 Å². The molecule has 2 atom stereocenters. The molecule has 1 aromatic rings. The Bertz CT molecular complexity index is 266. The van der Waals surface area contributed by atoms with Crippen LogP contribution in [0.2, 0.25) is 0 Å². The molecule has 0 radical (unpaired) electrons. The molecule has 1 fully saturated rings. The summed E-state index contributed by atoms with van der Waals surface area (Å²) >= 11 is 0. The van der Waals surface area contributed by atoms with Crippen LogP contribution in [0.5, 0.6) is 0 Å². The largest absolute Gasteiger partial charge is 0.334 e. The van der Waals surface area contributed by atoms with Crippen molar-refractivity contribution in [2.24, 2.45) is 5.73 Å². The average Bonchev–Trinajstić information content (AvgIpc) is 2.58. The number of imidazole rings is 1. The molecule has 0 bridgehead atoms. The zero-order chi connectivity index (χ0) is 8.55. The summed E-state index contributed by atoms with van der Waals surface area (Å²) in [6.07, 6.45) is 7.48. The summed E-state index contributed by atoms with van der Waals surface area (Å²) in [4.78, 5) is 4.21.